The van der Waals surface area contributed by atoms with E-state index in [1.165, 1.54) is 57.8 Å². The molecule has 0 saturated carbocycles. The number of carbonyl (C=O) groups is 2. The second kappa shape index (κ2) is 57.1. The number of likely N-dealkylation sites (N-methyl/N-ethyl adjacent to an activating group) is 1. The lowest BCUT2D eigenvalue weighted by Gasteiger charge is -2.27. The number of ether oxygens (including phenoxy) is 1. The smallest absolute Gasteiger partial charge is 0.456 e. The zero-order valence-electron chi connectivity index (χ0n) is 51.1. The monoisotopic (exact) mass is 1120 g/mol. The van der Waals surface area contributed by atoms with Gasteiger partial charge >= 0.3 is 13.8 Å². The van der Waals surface area contributed by atoms with Gasteiger partial charge in [-0.25, -0.2) is 4.57 Å². The van der Waals surface area contributed by atoms with Crippen LogP contribution in [0.15, 0.2) is 146 Å². The SMILES string of the molecule is CC/C=C\C/C=C\C/C=C\C/C=C\C/C=C\C/C=C\CCCCCCC(=O)OC(/C=C\CCCCCCCCCCCCC)C(COP(=O)(O)OCC[N+](C)(C)C)NC(=O)CCC/C=C\C/C=C\C/C=C\C/C=C\C/C=C\CC. The Bertz CT molecular complexity index is 1860. The van der Waals surface area contributed by atoms with E-state index < -0.39 is 20.0 Å². The van der Waals surface area contributed by atoms with Gasteiger partial charge in [0.1, 0.15) is 19.3 Å². The summed E-state index contributed by atoms with van der Waals surface area (Å²) in [5.41, 5.74) is 0. The van der Waals surface area contributed by atoms with Crippen LogP contribution in [-0.2, 0) is 27.9 Å². The Labute approximate surface area is 485 Å². The maximum atomic E-state index is 13.5. The number of allylic oxidation sites excluding steroid dienone is 23. The molecule has 448 valence electrons. The summed E-state index contributed by atoms with van der Waals surface area (Å²) in [6.45, 7) is 6.70. The van der Waals surface area contributed by atoms with Crippen molar-refractivity contribution in [2.24, 2.45) is 0 Å². The van der Waals surface area contributed by atoms with Gasteiger partial charge in [-0.1, -0.05) is 238 Å². The zero-order chi connectivity index (χ0) is 57.9. The molecule has 9 nitrogen and oxygen atoms in total. The second-order valence-corrected chi connectivity index (χ2v) is 22.9. The van der Waals surface area contributed by atoms with Gasteiger partial charge in [-0.3, -0.25) is 18.6 Å². The standard InChI is InChI=1S/C69H115N2O7P/c1-7-10-13-16-19-22-25-28-30-32-33-34-35-36-37-39-41-44-47-50-53-56-59-62-69(73)78-67(60-57-54-51-48-45-42-27-24-21-18-15-12-9-3)66(65-77-79(74,75)76-64-63-71(4,5)6)70-68(72)61-58-55-52-49-46-43-40-38-31-29-26-23-20-17-14-11-8-2/h10-11,13-14,19-20,22-23,28-31,33-34,36-37,40-41,43-44,49,52,57,60,66-67H,7-9,12,15-18,21,24-27,32,35,38-39,42,45-48,50-51,53-56,58-59,61-65H2,1-6H3,(H-,70,72,74,75)/p+1/b13-10-,14-11-,22-19-,23-20-,30-28-,31-29-,34-33-,37-36-,43-40-,44-41-,52-49-,60-57-. The normalized spacial score (nSPS) is 14.7. The number of rotatable bonds is 54. The minimum absolute atomic E-state index is 0.0166. The van der Waals surface area contributed by atoms with Gasteiger partial charge in [0.25, 0.3) is 0 Å². The Morgan fingerprint density at radius 1 is 0.456 bits per heavy atom. The van der Waals surface area contributed by atoms with Crippen molar-refractivity contribution < 1.29 is 37.3 Å². The number of nitrogens with zero attached hydrogens (tertiary/aromatic N) is 1. The fourth-order valence-corrected chi connectivity index (χ4v) is 8.77. The molecule has 0 aliphatic rings. The van der Waals surface area contributed by atoms with E-state index in [4.69, 9.17) is 13.8 Å². The molecule has 3 unspecified atom stereocenters. The lowest BCUT2D eigenvalue weighted by atomic mass is 10.0. The first-order valence-electron chi connectivity index (χ1n) is 31.2. The van der Waals surface area contributed by atoms with Crippen LogP contribution in [0.1, 0.15) is 226 Å². The molecule has 0 aromatic heterocycles. The van der Waals surface area contributed by atoms with E-state index in [-0.39, 0.29) is 37.9 Å². The summed E-state index contributed by atoms with van der Waals surface area (Å²) in [5.74, 6) is -0.614. The Morgan fingerprint density at radius 3 is 1.24 bits per heavy atom. The molecule has 10 heteroatoms. The van der Waals surface area contributed by atoms with Gasteiger partial charge in [-0.2, -0.15) is 0 Å². The number of esters is 1. The van der Waals surface area contributed by atoms with Crippen LogP contribution in [0.4, 0.5) is 0 Å². The third kappa shape index (κ3) is 58.4. The van der Waals surface area contributed by atoms with Crippen LogP contribution in [0.3, 0.4) is 0 Å². The molecule has 0 heterocycles. The molecule has 0 fully saturated rings. The van der Waals surface area contributed by atoms with E-state index in [0.29, 0.717) is 23.9 Å². The van der Waals surface area contributed by atoms with Crippen LogP contribution in [0.5, 0.6) is 0 Å². The average molecular weight is 1120 g/mol. The highest BCUT2D eigenvalue weighted by Crippen LogP contribution is 2.43. The van der Waals surface area contributed by atoms with Gasteiger partial charge in [-0.15, -0.1) is 0 Å². The Morgan fingerprint density at radius 2 is 0.823 bits per heavy atom. The van der Waals surface area contributed by atoms with Gasteiger partial charge in [0, 0.05) is 12.8 Å². The molecule has 0 bridgehead atoms. The maximum absolute atomic E-state index is 13.5. The number of hydrogen-bond acceptors (Lipinski definition) is 6. The number of unbranched alkanes of at least 4 members (excludes halogenated alkanes) is 16. The number of nitrogens with one attached hydrogen (secondary N) is 1. The molecule has 2 N–H and O–H groups in total. The van der Waals surface area contributed by atoms with Crippen LogP contribution in [0, 0.1) is 0 Å². The molecule has 0 rings (SSSR count). The molecule has 0 aromatic carbocycles. The number of amides is 1. The molecule has 0 aliphatic carbocycles. The Balaban J connectivity index is 5.42. The lowest BCUT2D eigenvalue weighted by Crippen LogP contribution is -2.47. The first-order chi connectivity index (χ1) is 38.4. The Hall–Kier alpha value is -4.11. The first-order valence-corrected chi connectivity index (χ1v) is 32.7. The molecule has 0 aromatic rings. The van der Waals surface area contributed by atoms with Crippen molar-refractivity contribution in [2.45, 2.75) is 238 Å². The molecular weight excluding hydrogens is 1000 g/mol. The van der Waals surface area contributed by atoms with Crippen molar-refractivity contribution in [3.05, 3.63) is 146 Å². The lowest BCUT2D eigenvalue weighted by molar-refractivity contribution is -0.870. The predicted octanol–water partition coefficient (Wildman–Crippen LogP) is 19.4. The summed E-state index contributed by atoms with van der Waals surface area (Å²) in [4.78, 5) is 37.7. The fraction of sp³-hybridized carbons (Fsp3) is 0.623. The van der Waals surface area contributed by atoms with Crippen molar-refractivity contribution in [1.29, 1.82) is 0 Å². The van der Waals surface area contributed by atoms with E-state index in [2.05, 4.69) is 160 Å². The predicted molar refractivity (Wildman–Crippen MR) is 341 cm³/mol. The first kappa shape index (κ1) is 74.9. The van der Waals surface area contributed by atoms with Crippen LogP contribution >= 0.6 is 7.82 Å². The van der Waals surface area contributed by atoms with E-state index in [0.717, 1.165) is 122 Å². The summed E-state index contributed by atoms with van der Waals surface area (Å²) in [7, 11) is 1.42. The van der Waals surface area contributed by atoms with E-state index >= 15 is 0 Å². The van der Waals surface area contributed by atoms with E-state index in [1.54, 1.807) is 0 Å². The summed E-state index contributed by atoms with van der Waals surface area (Å²) in [6, 6.07) is -0.900. The highest BCUT2D eigenvalue weighted by atomic mass is 31.2. The molecular formula is C69H116N2O7P+. The minimum Gasteiger partial charge on any atom is -0.456 e. The van der Waals surface area contributed by atoms with Crippen molar-refractivity contribution in [1.82, 2.24) is 5.32 Å². The quantitative estimate of drug-likeness (QED) is 0.0205. The molecule has 0 saturated heterocycles. The van der Waals surface area contributed by atoms with Gasteiger partial charge in [0.05, 0.1) is 33.8 Å². The molecule has 0 radical (unpaired) electrons. The van der Waals surface area contributed by atoms with Crippen molar-refractivity contribution in [2.75, 3.05) is 40.9 Å². The topological polar surface area (TPSA) is 111 Å². The summed E-state index contributed by atoms with van der Waals surface area (Å²) in [5, 5.41) is 3.01. The van der Waals surface area contributed by atoms with Gasteiger partial charge in [0.15, 0.2) is 0 Å². The van der Waals surface area contributed by atoms with Gasteiger partial charge in [-0.05, 0) is 122 Å². The molecule has 0 spiro atoms. The molecule has 3 atom stereocenters. The second-order valence-electron chi connectivity index (χ2n) is 21.5. The molecule has 79 heavy (non-hydrogen) atoms. The van der Waals surface area contributed by atoms with Crippen LogP contribution in [0.2, 0.25) is 0 Å². The summed E-state index contributed by atoms with van der Waals surface area (Å²) < 4.78 is 30.6. The number of quaternary nitrogens is 1. The van der Waals surface area contributed by atoms with Crippen LogP contribution in [0.25, 0.3) is 0 Å². The van der Waals surface area contributed by atoms with Crippen LogP contribution < -0.4 is 5.32 Å². The summed E-state index contributed by atoms with van der Waals surface area (Å²) in [6.07, 6.45) is 82.8. The van der Waals surface area contributed by atoms with Gasteiger partial charge < -0.3 is 19.4 Å². The van der Waals surface area contributed by atoms with Crippen molar-refractivity contribution in [3.8, 4) is 0 Å². The minimum atomic E-state index is -4.48. The highest BCUT2D eigenvalue weighted by Gasteiger charge is 2.30. The fourth-order valence-electron chi connectivity index (χ4n) is 8.04. The number of hydrogen-bond donors (Lipinski definition) is 2. The zero-order valence-corrected chi connectivity index (χ0v) is 51.9. The summed E-state index contributed by atoms with van der Waals surface area (Å²) >= 11 is 0. The maximum Gasteiger partial charge on any atom is 0.472 e. The van der Waals surface area contributed by atoms with Gasteiger partial charge in [0.2, 0.25) is 5.91 Å². The third-order valence-corrected chi connectivity index (χ3v) is 13.8. The number of carbonyl (C=O) groups excluding carboxylic acids is 2. The van der Waals surface area contributed by atoms with E-state index in [9.17, 15) is 19.0 Å². The number of phosphoric acid groups is 1. The molecule has 1 amide bonds. The van der Waals surface area contributed by atoms with Crippen molar-refractivity contribution in [3.63, 3.8) is 0 Å². The number of phosphoric ester groups is 1. The highest BCUT2D eigenvalue weighted by molar-refractivity contribution is 7.47. The average Bonchev–Trinajstić information content (AvgIpc) is 3.41. The largest absolute Gasteiger partial charge is 0.472 e. The van der Waals surface area contributed by atoms with E-state index in [1.807, 2.05) is 33.3 Å². The van der Waals surface area contributed by atoms with Crippen LogP contribution in [-0.4, -0.2) is 74.3 Å². The third-order valence-electron chi connectivity index (χ3n) is 12.8. The van der Waals surface area contributed by atoms with Crippen molar-refractivity contribution >= 4 is 19.7 Å². The Kier molecular flexibility index (Phi) is 54.2. The molecule has 0 aliphatic heterocycles.